The largest absolute Gasteiger partial charge is 0.395 e. The van der Waals surface area contributed by atoms with Crippen LogP contribution in [-0.4, -0.2) is 34.1 Å². The quantitative estimate of drug-likeness (QED) is 0.641. The Bertz CT molecular complexity index is 943. The molecule has 4 rings (SSSR count). The van der Waals surface area contributed by atoms with Gasteiger partial charge in [-0.3, -0.25) is 9.59 Å². The molecule has 0 amide bonds. The maximum atomic E-state index is 12.9. The molecule has 0 atom stereocenters. The van der Waals surface area contributed by atoms with Gasteiger partial charge in [0, 0.05) is 28.6 Å². The van der Waals surface area contributed by atoms with Gasteiger partial charge in [-0.2, -0.15) is 0 Å². The van der Waals surface area contributed by atoms with E-state index in [-0.39, 0.29) is 22.9 Å². The summed E-state index contributed by atoms with van der Waals surface area (Å²) in [6.45, 7) is 0.502. The number of nitrogens with one attached hydrogen (secondary N) is 1. The van der Waals surface area contributed by atoms with Crippen LogP contribution in [0.15, 0.2) is 33.2 Å². The highest BCUT2D eigenvalue weighted by Crippen LogP contribution is 2.35. The molecule has 1 aliphatic heterocycles. The minimum atomic E-state index is -0.376. The first-order valence-electron chi connectivity index (χ1n) is 8.02. The number of halogens is 1. The van der Waals surface area contributed by atoms with Crippen LogP contribution in [0, 0.1) is 0 Å². The first-order chi connectivity index (χ1) is 12.1. The van der Waals surface area contributed by atoms with Crippen molar-refractivity contribution < 1.29 is 9.63 Å². The maximum absolute atomic E-state index is 12.9. The van der Waals surface area contributed by atoms with Gasteiger partial charge in [-0.25, -0.2) is 4.68 Å². The van der Waals surface area contributed by atoms with Gasteiger partial charge in [0.15, 0.2) is 0 Å². The number of hydrogen-bond acceptors (Lipinski definition) is 5. The molecule has 0 spiro atoms. The Morgan fingerprint density at radius 2 is 2.20 bits per heavy atom. The molecule has 0 bridgehead atoms. The number of carbonyl (C=O) groups excluding carboxylic acids is 1. The molecule has 2 aromatic rings. The fourth-order valence-corrected chi connectivity index (χ4v) is 3.99. The Hall–Kier alpha value is -1.99. The molecule has 1 N–H and O–H groups in total. The number of hydrogen-bond donors (Lipinski definition) is 1. The summed E-state index contributed by atoms with van der Waals surface area (Å²) in [7, 11) is 0. The molecule has 1 aromatic heterocycles. The van der Waals surface area contributed by atoms with Gasteiger partial charge >= 0.3 is 0 Å². The number of thioether (sulfide) groups is 1. The predicted molar refractivity (Wildman–Crippen MR) is 97.1 cm³/mol. The summed E-state index contributed by atoms with van der Waals surface area (Å²) in [5.41, 5.74) is 1.58. The van der Waals surface area contributed by atoms with Gasteiger partial charge < -0.3 is 9.94 Å². The molecule has 8 heteroatoms. The number of nitrogens with zero attached hydrogens (tertiary/aromatic N) is 2. The summed E-state index contributed by atoms with van der Waals surface area (Å²) in [6, 6.07) is 3.69. The average Bonchev–Trinajstić information content (AvgIpc) is 3.16. The van der Waals surface area contributed by atoms with Crippen LogP contribution in [0.4, 0.5) is 0 Å². The van der Waals surface area contributed by atoms with E-state index < -0.39 is 0 Å². The molecule has 130 valence electrons. The number of oxime groups is 1. The summed E-state index contributed by atoms with van der Waals surface area (Å²) >= 11 is 8.09. The maximum Gasteiger partial charge on any atom is 0.277 e. The van der Waals surface area contributed by atoms with Crippen LogP contribution in [-0.2, 0) is 4.84 Å². The monoisotopic (exact) mass is 377 g/mol. The zero-order valence-electron chi connectivity index (χ0n) is 13.5. The van der Waals surface area contributed by atoms with E-state index in [0.29, 0.717) is 23.6 Å². The van der Waals surface area contributed by atoms with E-state index in [1.165, 1.54) is 22.6 Å². The molecule has 1 saturated carbocycles. The average molecular weight is 378 g/mol. The zero-order chi connectivity index (χ0) is 17.6. The van der Waals surface area contributed by atoms with E-state index in [0.717, 1.165) is 29.0 Å². The number of ketones is 1. The SMILES string of the molecule is CSc1ccc(C(=O)c2c[nH]n(C3CC3)c2=O)c(Cl)c1C1=NOCC1. The summed E-state index contributed by atoms with van der Waals surface area (Å²) in [5, 5.41) is 7.25. The highest BCUT2D eigenvalue weighted by molar-refractivity contribution is 7.98. The van der Waals surface area contributed by atoms with Crippen molar-refractivity contribution in [2.45, 2.75) is 30.2 Å². The van der Waals surface area contributed by atoms with Gasteiger partial charge in [0.1, 0.15) is 12.2 Å². The summed E-state index contributed by atoms with van der Waals surface area (Å²) < 4.78 is 1.52. The Morgan fingerprint density at radius 1 is 1.40 bits per heavy atom. The predicted octanol–water partition coefficient (Wildman–Crippen LogP) is 3.24. The fourth-order valence-electron chi connectivity index (χ4n) is 2.95. The Morgan fingerprint density at radius 3 is 2.84 bits per heavy atom. The summed E-state index contributed by atoms with van der Waals surface area (Å²) in [6.07, 6.45) is 5.97. The molecule has 1 aliphatic carbocycles. The number of benzene rings is 1. The highest BCUT2D eigenvalue weighted by Gasteiger charge is 2.29. The van der Waals surface area contributed by atoms with Gasteiger partial charge in [0.25, 0.3) is 5.56 Å². The lowest BCUT2D eigenvalue weighted by Crippen LogP contribution is -2.21. The van der Waals surface area contributed by atoms with Gasteiger partial charge in [0.2, 0.25) is 5.78 Å². The summed E-state index contributed by atoms with van der Waals surface area (Å²) in [5.74, 6) is -0.376. The molecule has 6 nitrogen and oxygen atoms in total. The molecule has 25 heavy (non-hydrogen) atoms. The number of aromatic nitrogens is 2. The lowest BCUT2D eigenvalue weighted by atomic mass is 10.00. The van der Waals surface area contributed by atoms with Gasteiger partial charge in [-0.05, 0) is 31.2 Å². The lowest BCUT2D eigenvalue weighted by Gasteiger charge is -2.11. The third-order valence-corrected chi connectivity index (χ3v) is 5.59. The minimum absolute atomic E-state index is 0.112. The van der Waals surface area contributed by atoms with Crippen LogP contribution in [0.1, 0.15) is 46.8 Å². The van der Waals surface area contributed by atoms with E-state index in [1.54, 1.807) is 6.07 Å². The Labute approximate surface area is 153 Å². The van der Waals surface area contributed by atoms with Crippen LogP contribution in [0.25, 0.3) is 0 Å². The number of aromatic amines is 1. The van der Waals surface area contributed by atoms with E-state index >= 15 is 0 Å². The molecular formula is C17H16ClN3O3S. The van der Waals surface area contributed by atoms with Crippen LogP contribution in [0.3, 0.4) is 0 Å². The number of carbonyl (C=O) groups is 1. The number of rotatable bonds is 5. The van der Waals surface area contributed by atoms with E-state index in [2.05, 4.69) is 10.3 Å². The third kappa shape index (κ3) is 2.81. The van der Waals surface area contributed by atoms with Crippen molar-refractivity contribution >= 4 is 34.9 Å². The van der Waals surface area contributed by atoms with Crippen molar-refractivity contribution in [3.63, 3.8) is 0 Å². The second kappa shape index (κ2) is 6.38. The number of H-pyrrole nitrogens is 1. The van der Waals surface area contributed by atoms with Crippen molar-refractivity contribution in [3.8, 4) is 0 Å². The van der Waals surface area contributed by atoms with E-state index in [4.69, 9.17) is 16.4 Å². The second-order valence-corrected chi connectivity index (χ2v) is 7.27. The van der Waals surface area contributed by atoms with Gasteiger partial charge in [-0.15, -0.1) is 11.8 Å². The molecule has 2 aliphatic rings. The topological polar surface area (TPSA) is 76.5 Å². The van der Waals surface area contributed by atoms with Crippen molar-refractivity contribution in [1.29, 1.82) is 0 Å². The molecule has 0 radical (unpaired) electrons. The molecule has 1 fully saturated rings. The smallest absolute Gasteiger partial charge is 0.277 e. The molecule has 1 aromatic carbocycles. The second-order valence-electron chi connectivity index (χ2n) is 6.05. The van der Waals surface area contributed by atoms with Gasteiger partial charge in [-0.1, -0.05) is 16.8 Å². The van der Waals surface area contributed by atoms with E-state index in [9.17, 15) is 9.59 Å². The summed E-state index contributed by atoms with van der Waals surface area (Å²) in [4.78, 5) is 31.4. The van der Waals surface area contributed by atoms with Crippen molar-refractivity contribution in [3.05, 3.63) is 50.4 Å². The minimum Gasteiger partial charge on any atom is -0.395 e. The van der Waals surface area contributed by atoms with Crippen molar-refractivity contribution in [2.24, 2.45) is 5.16 Å². The lowest BCUT2D eigenvalue weighted by molar-refractivity contribution is 0.103. The van der Waals surface area contributed by atoms with Crippen LogP contribution in [0.2, 0.25) is 5.02 Å². The zero-order valence-corrected chi connectivity index (χ0v) is 15.1. The molecule has 0 unspecified atom stereocenters. The van der Waals surface area contributed by atoms with Gasteiger partial charge in [0.05, 0.1) is 16.8 Å². The molecular weight excluding hydrogens is 362 g/mol. The normalized spacial score (nSPS) is 16.6. The van der Waals surface area contributed by atoms with Crippen LogP contribution >= 0.6 is 23.4 Å². The van der Waals surface area contributed by atoms with Crippen molar-refractivity contribution in [1.82, 2.24) is 9.78 Å². The van der Waals surface area contributed by atoms with Crippen LogP contribution in [0.5, 0.6) is 0 Å². The third-order valence-electron chi connectivity index (χ3n) is 4.42. The van der Waals surface area contributed by atoms with Crippen LogP contribution < -0.4 is 5.56 Å². The molecule has 0 saturated heterocycles. The first kappa shape index (κ1) is 16.5. The Kier molecular flexibility index (Phi) is 4.21. The van der Waals surface area contributed by atoms with Crippen molar-refractivity contribution in [2.75, 3.05) is 12.9 Å². The standard InChI is InChI=1S/C17H16ClN3O3S/c1-25-13-5-4-10(15(18)14(13)12-6-7-24-20-12)16(22)11-8-19-21(17(11)23)9-2-3-9/h4-5,8-9,19H,2-3,6-7H2,1H3. The molecule has 2 heterocycles. The highest BCUT2D eigenvalue weighted by atomic mass is 35.5. The first-order valence-corrected chi connectivity index (χ1v) is 9.62. The fraction of sp³-hybridized carbons (Fsp3) is 0.353. The Balaban J connectivity index is 1.79. The van der Waals surface area contributed by atoms with E-state index in [1.807, 2.05) is 12.3 Å².